The number of aryl methyl sites for hydroxylation is 1. The van der Waals surface area contributed by atoms with E-state index < -0.39 is 0 Å². The summed E-state index contributed by atoms with van der Waals surface area (Å²) in [5, 5.41) is 15.2. The van der Waals surface area contributed by atoms with Crippen LogP contribution in [0.5, 0.6) is 0 Å². The summed E-state index contributed by atoms with van der Waals surface area (Å²) in [6.07, 6.45) is 10.5. The molecule has 3 aromatic rings. The van der Waals surface area contributed by atoms with Crippen molar-refractivity contribution in [3.63, 3.8) is 0 Å². The summed E-state index contributed by atoms with van der Waals surface area (Å²) < 4.78 is 13.6. The highest BCUT2D eigenvalue weighted by Gasteiger charge is 2.30. The zero-order chi connectivity index (χ0) is 28.3. The average Bonchev–Trinajstić information content (AvgIpc) is 3.52. The van der Waals surface area contributed by atoms with Crippen LogP contribution < -0.4 is 16.0 Å². The normalized spacial score (nSPS) is 24.5. The molecule has 0 spiro atoms. The Hall–Kier alpha value is -3.17. The van der Waals surface area contributed by atoms with Gasteiger partial charge in [-0.25, -0.2) is 4.98 Å². The first-order valence-corrected chi connectivity index (χ1v) is 15.5. The molecule has 1 aliphatic heterocycles. The summed E-state index contributed by atoms with van der Waals surface area (Å²) in [6.45, 7) is 9.04. The van der Waals surface area contributed by atoms with Crippen molar-refractivity contribution in [1.82, 2.24) is 19.9 Å². The van der Waals surface area contributed by atoms with Crippen molar-refractivity contribution in [2.45, 2.75) is 83.9 Å². The third-order valence-corrected chi connectivity index (χ3v) is 9.02. The van der Waals surface area contributed by atoms with Gasteiger partial charge in [-0.05, 0) is 68.6 Å². The fourth-order valence-electron chi connectivity index (χ4n) is 6.27. The van der Waals surface area contributed by atoms with Crippen molar-refractivity contribution < 1.29 is 14.3 Å². The average molecular weight is 561 g/mol. The quantitative estimate of drug-likeness (QED) is 0.287. The Morgan fingerprint density at radius 3 is 2.61 bits per heavy atom. The molecule has 2 aliphatic carbocycles. The number of anilines is 2. The number of aromatic nitrogens is 3. The van der Waals surface area contributed by atoms with Gasteiger partial charge in [0, 0.05) is 36.4 Å². The number of nitrogens with one attached hydrogen (secondary N) is 3. The van der Waals surface area contributed by atoms with Crippen LogP contribution in [-0.2, 0) is 9.47 Å². The van der Waals surface area contributed by atoms with E-state index in [1.54, 1.807) is 0 Å². The second-order valence-electron chi connectivity index (χ2n) is 12.1. The van der Waals surface area contributed by atoms with Gasteiger partial charge < -0.3 is 25.4 Å². The number of hydrogen-bond acceptors (Lipinski definition) is 7. The number of amides is 1. The summed E-state index contributed by atoms with van der Waals surface area (Å²) >= 11 is 0. The van der Waals surface area contributed by atoms with E-state index in [1.165, 1.54) is 32.1 Å². The molecule has 3 N–H and O–H groups in total. The first kappa shape index (κ1) is 28.0. The Labute approximate surface area is 242 Å². The SMILES string of the molecule is CCOC1COC[C@@H]1Nc1cc(NCC2CCC(CC)CC2)n2ncc(-c3ccc(C(=O)NC4CC4)c(C)c3)c2n1. The number of nitrogens with zero attached hydrogens (tertiary/aromatic N) is 3. The molecule has 9 heteroatoms. The molecule has 6 rings (SSSR count). The van der Waals surface area contributed by atoms with E-state index in [-0.39, 0.29) is 18.1 Å². The maximum atomic E-state index is 12.7. The minimum absolute atomic E-state index is 0.00289. The van der Waals surface area contributed by atoms with Gasteiger partial charge in [-0.2, -0.15) is 9.61 Å². The molecular weight excluding hydrogens is 516 g/mol. The Balaban J connectivity index is 1.29. The van der Waals surface area contributed by atoms with Crippen molar-refractivity contribution in [3.8, 4) is 11.1 Å². The summed E-state index contributed by atoms with van der Waals surface area (Å²) in [7, 11) is 0. The number of ether oxygens (including phenoxy) is 2. The molecule has 3 aliphatic rings. The largest absolute Gasteiger partial charge is 0.376 e. The number of rotatable bonds is 11. The fourth-order valence-corrected chi connectivity index (χ4v) is 6.27. The molecule has 2 saturated carbocycles. The van der Waals surface area contributed by atoms with Gasteiger partial charge in [-0.3, -0.25) is 4.79 Å². The minimum Gasteiger partial charge on any atom is -0.376 e. The number of benzene rings is 1. The second kappa shape index (κ2) is 12.4. The molecule has 220 valence electrons. The highest BCUT2D eigenvalue weighted by atomic mass is 16.5. The molecule has 2 atom stereocenters. The van der Waals surface area contributed by atoms with Crippen LogP contribution in [-0.4, -0.2) is 65.1 Å². The molecule has 3 fully saturated rings. The highest BCUT2D eigenvalue weighted by molar-refractivity contribution is 5.97. The first-order chi connectivity index (χ1) is 20.0. The summed E-state index contributed by atoms with van der Waals surface area (Å²) in [6, 6.07) is 8.40. The zero-order valence-electron chi connectivity index (χ0n) is 24.6. The van der Waals surface area contributed by atoms with E-state index in [0.717, 1.165) is 64.8 Å². The van der Waals surface area contributed by atoms with Crippen LogP contribution in [0.2, 0.25) is 0 Å². The predicted octanol–water partition coefficient (Wildman–Crippen LogP) is 5.44. The van der Waals surface area contributed by atoms with E-state index in [0.29, 0.717) is 31.8 Å². The molecule has 9 nitrogen and oxygen atoms in total. The van der Waals surface area contributed by atoms with E-state index in [2.05, 4.69) is 35.0 Å². The lowest BCUT2D eigenvalue weighted by Gasteiger charge is -2.28. The Bertz CT molecular complexity index is 1360. The zero-order valence-corrected chi connectivity index (χ0v) is 24.6. The predicted molar refractivity (Wildman–Crippen MR) is 162 cm³/mol. The van der Waals surface area contributed by atoms with Gasteiger partial charge in [0.1, 0.15) is 17.7 Å². The third-order valence-electron chi connectivity index (χ3n) is 9.02. The number of hydrogen-bond donors (Lipinski definition) is 3. The second-order valence-corrected chi connectivity index (χ2v) is 12.1. The van der Waals surface area contributed by atoms with Crippen LogP contribution >= 0.6 is 0 Å². The van der Waals surface area contributed by atoms with Gasteiger partial charge in [0.2, 0.25) is 0 Å². The van der Waals surface area contributed by atoms with Crippen molar-refractivity contribution in [3.05, 3.63) is 41.6 Å². The molecule has 0 bridgehead atoms. The molecule has 3 heterocycles. The van der Waals surface area contributed by atoms with Gasteiger partial charge in [0.05, 0.1) is 25.5 Å². The lowest BCUT2D eigenvalue weighted by molar-refractivity contribution is 0.0478. The molecule has 41 heavy (non-hydrogen) atoms. The molecule has 1 saturated heterocycles. The summed E-state index contributed by atoms with van der Waals surface area (Å²) in [5.74, 6) is 3.24. The van der Waals surface area contributed by atoms with Crippen LogP contribution in [0.25, 0.3) is 16.8 Å². The summed E-state index contributed by atoms with van der Waals surface area (Å²) in [4.78, 5) is 17.8. The van der Waals surface area contributed by atoms with Crippen LogP contribution in [0, 0.1) is 18.8 Å². The lowest BCUT2D eigenvalue weighted by Crippen LogP contribution is -2.34. The van der Waals surface area contributed by atoms with Gasteiger partial charge in [0.15, 0.2) is 5.65 Å². The van der Waals surface area contributed by atoms with E-state index in [4.69, 9.17) is 19.6 Å². The van der Waals surface area contributed by atoms with Gasteiger partial charge in [-0.15, -0.1) is 0 Å². The maximum absolute atomic E-state index is 12.7. The maximum Gasteiger partial charge on any atom is 0.251 e. The Morgan fingerprint density at radius 2 is 1.88 bits per heavy atom. The van der Waals surface area contributed by atoms with Gasteiger partial charge in [0.25, 0.3) is 5.91 Å². The first-order valence-electron chi connectivity index (χ1n) is 15.5. The topological polar surface area (TPSA) is 102 Å². The van der Waals surface area contributed by atoms with Gasteiger partial charge >= 0.3 is 0 Å². The minimum atomic E-state index is -0.00968. The highest BCUT2D eigenvalue weighted by Crippen LogP contribution is 2.32. The number of carbonyl (C=O) groups is 1. The summed E-state index contributed by atoms with van der Waals surface area (Å²) in [5.41, 5.74) is 4.36. The number of fused-ring (bicyclic) bond motifs is 1. The molecular formula is C32H44N6O3. The fraction of sp³-hybridized carbons (Fsp3) is 0.594. The molecule has 1 amide bonds. The molecule has 2 aromatic heterocycles. The van der Waals surface area contributed by atoms with E-state index in [9.17, 15) is 4.79 Å². The standard InChI is InChI=1S/C32H44N6O3/c1-4-21-6-8-22(9-7-21)16-33-30-15-29(36-27-18-40-19-28(27)41-5-2)37-31-26(17-34-38(30)31)23-10-13-25(20(3)14-23)32(39)35-24-11-12-24/h10,13-15,17,21-22,24,27-28,33H,4-9,11-12,16,18-19H2,1-3H3,(H,35,39)(H,36,37)/t21?,22?,27-,28?/m0/s1. The van der Waals surface area contributed by atoms with Crippen molar-refractivity contribution >= 4 is 23.2 Å². The van der Waals surface area contributed by atoms with Crippen molar-refractivity contribution in [2.75, 3.05) is 37.0 Å². The monoisotopic (exact) mass is 560 g/mol. The number of carbonyl (C=O) groups excluding carboxylic acids is 1. The van der Waals surface area contributed by atoms with Crippen molar-refractivity contribution in [1.29, 1.82) is 0 Å². The third kappa shape index (κ3) is 6.36. The van der Waals surface area contributed by atoms with Crippen LogP contribution in [0.15, 0.2) is 30.5 Å². The Morgan fingerprint density at radius 1 is 1.07 bits per heavy atom. The van der Waals surface area contributed by atoms with Crippen molar-refractivity contribution in [2.24, 2.45) is 11.8 Å². The smallest absolute Gasteiger partial charge is 0.251 e. The van der Waals surface area contributed by atoms with Crippen LogP contribution in [0.4, 0.5) is 11.6 Å². The van der Waals surface area contributed by atoms with Crippen LogP contribution in [0.1, 0.15) is 74.7 Å². The lowest BCUT2D eigenvalue weighted by atomic mass is 9.81. The van der Waals surface area contributed by atoms with Gasteiger partial charge in [-0.1, -0.05) is 38.3 Å². The van der Waals surface area contributed by atoms with Crippen LogP contribution in [0.3, 0.4) is 0 Å². The van der Waals surface area contributed by atoms with E-state index in [1.807, 2.05) is 36.7 Å². The van der Waals surface area contributed by atoms with E-state index >= 15 is 0 Å². The Kier molecular flexibility index (Phi) is 8.44. The molecule has 1 unspecified atom stereocenters. The molecule has 0 radical (unpaired) electrons. The molecule has 1 aromatic carbocycles.